The lowest BCUT2D eigenvalue weighted by Crippen LogP contribution is -2.23. The van der Waals surface area contributed by atoms with E-state index in [2.05, 4.69) is 48.5 Å². The number of nitrogens with zero attached hydrogens (tertiary/aromatic N) is 2. The monoisotopic (exact) mass is 204 g/mol. The molecule has 0 heterocycles. The van der Waals surface area contributed by atoms with Crippen LogP contribution in [-0.4, -0.2) is 24.3 Å². The zero-order valence-corrected chi connectivity index (χ0v) is 9.63. The highest BCUT2D eigenvalue weighted by Gasteiger charge is 2.03. The van der Waals surface area contributed by atoms with Gasteiger partial charge in [0.25, 0.3) is 0 Å². The Morgan fingerprint density at radius 1 is 1.27 bits per heavy atom. The molecule has 0 bridgehead atoms. The van der Waals surface area contributed by atoms with Crippen LogP contribution in [-0.2, 0) is 0 Å². The van der Waals surface area contributed by atoms with Crippen molar-refractivity contribution >= 4 is 6.21 Å². The van der Waals surface area contributed by atoms with Crippen LogP contribution >= 0.6 is 0 Å². The molecule has 0 fully saturated rings. The molecule has 0 N–H and O–H groups in total. The highest BCUT2D eigenvalue weighted by atomic mass is 15.4. The van der Waals surface area contributed by atoms with Gasteiger partial charge in [0.05, 0.1) is 6.04 Å². The molecule has 0 aromatic heterocycles. The fraction of sp³-hybridized carbons (Fsp3) is 0.462. The molecular formula is C13H20N2. The van der Waals surface area contributed by atoms with Crippen molar-refractivity contribution in [2.45, 2.75) is 32.2 Å². The molecule has 0 amide bonds. The van der Waals surface area contributed by atoms with Crippen LogP contribution in [0.3, 0.4) is 0 Å². The van der Waals surface area contributed by atoms with Crippen LogP contribution in [0.1, 0.15) is 26.2 Å². The summed E-state index contributed by atoms with van der Waals surface area (Å²) in [4.78, 5) is 0. The normalized spacial score (nSPS) is 25.6. The minimum atomic E-state index is 0.274. The maximum Gasteiger partial charge on any atom is 0.0831 e. The minimum absolute atomic E-state index is 0.274. The van der Waals surface area contributed by atoms with Gasteiger partial charge in [0, 0.05) is 13.3 Å². The zero-order valence-electron chi connectivity index (χ0n) is 9.63. The van der Waals surface area contributed by atoms with E-state index in [9.17, 15) is 0 Å². The first-order valence-electron chi connectivity index (χ1n) is 5.60. The maximum absolute atomic E-state index is 4.35. The first kappa shape index (κ1) is 11.8. The van der Waals surface area contributed by atoms with Crippen LogP contribution in [0.15, 0.2) is 41.6 Å². The Balaban J connectivity index is 2.63. The Labute approximate surface area is 92.7 Å². The van der Waals surface area contributed by atoms with E-state index in [-0.39, 0.29) is 6.04 Å². The summed E-state index contributed by atoms with van der Waals surface area (Å²) in [5.41, 5.74) is 0. The number of hydrazone groups is 1. The van der Waals surface area contributed by atoms with Crippen molar-refractivity contribution in [1.29, 1.82) is 0 Å². The standard InChI is InChI=1S/C13H20N2/c1-3-12-14-15(2)13-10-8-6-4-5-7-9-11-13/h4,6,8-13H,3,5,7H2,1-2H3/b6-4-,10-8?,11-9-,14-12-. The smallest absolute Gasteiger partial charge is 0.0831 e. The quantitative estimate of drug-likeness (QED) is 0.392. The lowest BCUT2D eigenvalue weighted by Gasteiger charge is -2.19. The Hall–Kier alpha value is -1.31. The van der Waals surface area contributed by atoms with Gasteiger partial charge < -0.3 is 0 Å². The lowest BCUT2D eigenvalue weighted by molar-refractivity contribution is 0.338. The van der Waals surface area contributed by atoms with Crippen molar-refractivity contribution < 1.29 is 0 Å². The summed E-state index contributed by atoms with van der Waals surface area (Å²) < 4.78 is 0. The van der Waals surface area contributed by atoms with Gasteiger partial charge in [-0.2, -0.15) is 5.10 Å². The summed E-state index contributed by atoms with van der Waals surface area (Å²) in [6.07, 6.45) is 18.1. The molecule has 1 aliphatic carbocycles. The predicted molar refractivity (Wildman–Crippen MR) is 67.0 cm³/mol. The molecule has 82 valence electrons. The van der Waals surface area contributed by atoms with Crippen molar-refractivity contribution in [3.8, 4) is 0 Å². The second kappa shape index (κ2) is 7.04. The zero-order chi connectivity index (χ0) is 10.9. The third kappa shape index (κ3) is 4.63. The topological polar surface area (TPSA) is 15.6 Å². The van der Waals surface area contributed by atoms with Crippen LogP contribution in [0.2, 0.25) is 0 Å². The Morgan fingerprint density at radius 3 is 2.87 bits per heavy atom. The molecule has 1 rings (SSSR count). The molecule has 0 radical (unpaired) electrons. The maximum atomic E-state index is 4.35. The van der Waals surface area contributed by atoms with Gasteiger partial charge in [-0.1, -0.05) is 43.4 Å². The molecule has 1 unspecified atom stereocenters. The number of hydrogen-bond donors (Lipinski definition) is 0. The highest BCUT2D eigenvalue weighted by molar-refractivity contribution is 5.56. The second-order valence-electron chi connectivity index (χ2n) is 3.59. The van der Waals surface area contributed by atoms with E-state index in [1.54, 1.807) is 0 Å². The van der Waals surface area contributed by atoms with Crippen LogP contribution in [0.25, 0.3) is 0 Å². The van der Waals surface area contributed by atoms with Crippen molar-refractivity contribution in [2.24, 2.45) is 5.10 Å². The number of rotatable bonds is 3. The molecule has 1 aliphatic rings. The molecule has 0 saturated carbocycles. The Morgan fingerprint density at radius 2 is 2.07 bits per heavy atom. The molecule has 0 saturated heterocycles. The number of likely N-dealkylation sites (N-methyl/N-ethyl adjacent to an activating group) is 1. The summed E-state index contributed by atoms with van der Waals surface area (Å²) in [7, 11) is 2.01. The third-order valence-electron chi connectivity index (χ3n) is 2.27. The first-order chi connectivity index (χ1) is 7.34. The summed E-state index contributed by atoms with van der Waals surface area (Å²) in [6.45, 7) is 2.09. The van der Waals surface area contributed by atoms with Gasteiger partial charge in [-0.3, -0.25) is 5.01 Å². The lowest BCUT2D eigenvalue weighted by atomic mass is 10.2. The van der Waals surface area contributed by atoms with Gasteiger partial charge in [-0.25, -0.2) is 0 Å². The summed E-state index contributed by atoms with van der Waals surface area (Å²) in [6, 6.07) is 0.274. The molecule has 0 aromatic rings. The fourth-order valence-corrected chi connectivity index (χ4v) is 1.38. The minimum Gasteiger partial charge on any atom is -0.290 e. The van der Waals surface area contributed by atoms with Gasteiger partial charge >= 0.3 is 0 Å². The van der Waals surface area contributed by atoms with Gasteiger partial charge in [-0.05, 0) is 19.3 Å². The van der Waals surface area contributed by atoms with E-state index in [0.29, 0.717) is 0 Å². The SMILES string of the molecule is CC/C=N\N(C)C1C=C/C=C\CC/C=C\1. The summed E-state index contributed by atoms with van der Waals surface area (Å²) in [5, 5.41) is 6.33. The summed E-state index contributed by atoms with van der Waals surface area (Å²) >= 11 is 0. The number of hydrogen-bond acceptors (Lipinski definition) is 2. The van der Waals surface area contributed by atoms with Crippen molar-refractivity contribution in [1.82, 2.24) is 5.01 Å². The Bertz CT molecular complexity index is 274. The highest BCUT2D eigenvalue weighted by Crippen LogP contribution is 2.06. The molecule has 2 heteroatoms. The van der Waals surface area contributed by atoms with Gasteiger partial charge in [-0.15, -0.1) is 0 Å². The average molecular weight is 204 g/mol. The fourth-order valence-electron chi connectivity index (χ4n) is 1.38. The Kier molecular flexibility index (Phi) is 5.52. The molecule has 15 heavy (non-hydrogen) atoms. The summed E-state index contributed by atoms with van der Waals surface area (Å²) in [5.74, 6) is 0. The van der Waals surface area contributed by atoms with E-state index in [0.717, 1.165) is 19.3 Å². The third-order valence-corrected chi connectivity index (χ3v) is 2.27. The van der Waals surface area contributed by atoms with E-state index in [1.807, 2.05) is 18.3 Å². The van der Waals surface area contributed by atoms with Crippen molar-refractivity contribution in [3.63, 3.8) is 0 Å². The van der Waals surface area contributed by atoms with Crippen LogP contribution in [0, 0.1) is 0 Å². The molecule has 1 atom stereocenters. The van der Waals surface area contributed by atoms with Crippen LogP contribution in [0.5, 0.6) is 0 Å². The van der Waals surface area contributed by atoms with E-state index in [1.165, 1.54) is 0 Å². The van der Waals surface area contributed by atoms with E-state index in [4.69, 9.17) is 0 Å². The van der Waals surface area contributed by atoms with Crippen molar-refractivity contribution in [3.05, 3.63) is 36.5 Å². The first-order valence-corrected chi connectivity index (χ1v) is 5.60. The average Bonchev–Trinajstić information content (AvgIpc) is 2.38. The van der Waals surface area contributed by atoms with Crippen molar-refractivity contribution in [2.75, 3.05) is 7.05 Å². The van der Waals surface area contributed by atoms with Gasteiger partial charge in [0.2, 0.25) is 0 Å². The van der Waals surface area contributed by atoms with E-state index >= 15 is 0 Å². The molecule has 0 aromatic carbocycles. The largest absolute Gasteiger partial charge is 0.290 e. The van der Waals surface area contributed by atoms with E-state index < -0.39 is 0 Å². The molecular weight excluding hydrogens is 184 g/mol. The molecule has 0 aliphatic heterocycles. The van der Waals surface area contributed by atoms with Crippen LogP contribution < -0.4 is 0 Å². The molecule has 2 nitrogen and oxygen atoms in total. The van der Waals surface area contributed by atoms with Crippen LogP contribution in [0.4, 0.5) is 0 Å². The second-order valence-corrected chi connectivity index (χ2v) is 3.59. The predicted octanol–water partition coefficient (Wildman–Crippen LogP) is 3.15. The van der Waals surface area contributed by atoms with Gasteiger partial charge in [0.15, 0.2) is 0 Å². The van der Waals surface area contributed by atoms with Gasteiger partial charge in [0.1, 0.15) is 0 Å². The number of allylic oxidation sites excluding steroid dienone is 4. The molecule has 0 spiro atoms.